The van der Waals surface area contributed by atoms with Gasteiger partial charge in [-0.15, -0.1) is 0 Å². The highest BCUT2D eigenvalue weighted by Gasteiger charge is 2.40. The zero-order valence-electron chi connectivity index (χ0n) is 11.2. The predicted molar refractivity (Wildman–Crippen MR) is 79.5 cm³/mol. The van der Waals surface area contributed by atoms with Crippen molar-refractivity contribution in [2.45, 2.75) is 13.0 Å². The van der Waals surface area contributed by atoms with E-state index in [-0.39, 0.29) is 11.7 Å². The van der Waals surface area contributed by atoms with Crippen LogP contribution >= 0.6 is 11.6 Å². The number of phenolic OH excluding ortho intramolecular Hbond substituents is 1. The van der Waals surface area contributed by atoms with Crippen molar-refractivity contribution in [3.8, 4) is 11.8 Å². The largest absolute Gasteiger partial charge is 0.506 e. The van der Waals surface area contributed by atoms with Crippen LogP contribution in [0.5, 0.6) is 5.75 Å². The van der Waals surface area contributed by atoms with Crippen LogP contribution in [0.4, 0.5) is 5.69 Å². The van der Waals surface area contributed by atoms with Crippen molar-refractivity contribution in [3.63, 3.8) is 0 Å². The van der Waals surface area contributed by atoms with Crippen LogP contribution < -0.4 is 4.90 Å². The zero-order chi connectivity index (χ0) is 15.1. The molecule has 0 radical (unpaired) electrons. The smallest absolute Gasteiger partial charge is 0.260 e. The summed E-state index contributed by atoms with van der Waals surface area (Å²) < 4.78 is 0. The predicted octanol–water partition coefficient (Wildman–Crippen LogP) is 3.58. The first-order valence-electron chi connectivity index (χ1n) is 6.36. The fourth-order valence-electron chi connectivity index (χ4n) is 2.64. The molecule has 0 aromatic heterocycles. The van der Waals surface area contributed by atoms with Crippen molar-refractivity contribution in [1.29, 1.82) is 5.26 Å². The standard InChI is InChI=1S/C16H11ClN2O2/c1-9-11(17)7-6-10-13(8-18)19(16(21)15(9)10)12-4-2-3-5-14(12)20/h2-7,13,20H,1H3. The number of hydrogen-bond acceptors (Lipinski definition) is 3. The lowest BCUT2D eigenvalue weighted by molar-refractivity contribution is 0.0993. The summed E-state index contributed by atoms with van der Waals surface area (Å²) in [6.45, 7) is 1.75. The Morgan fingerprint density at radius 3 is 2.67 bits per heavy atom. The number of nitrogens with zero attached hydrogens (tertiary/aromatic N) is 2. The summed E-state index contributed by atoms with van der Waals surface area (Å²) in [6, 6.07) is 11.2. The first kappa shape index (κ1) is 13.5. The number of nitriles is 1. The van der Waals surface area contributed by atoms with Gasteiger partial charge in [-0.05, 0) is 30.7 Å². The van der Waals surface area contributed by atoms with Crippen LogP contribution in [0.25, 0.3) is 0 Å². The Morgan fingerprint density at radius 1 is 1.29 bits per heavy atom. The zero-order valence-corrected chi connectivity index (χ0v) is 11.9. The Hall–Kier alpha value is -2.51. The summed E-state index contributed by atoms with van der Waals surface area (Å²) in [5.74, 6) is -0.360. The molecule has 5 heteroatoms. The van der Waals surface area contributed by atoms with E-state index < -0.39 is 6.04 Å². The number of rotatable bonds is 1. The number of aromatic hydroxyl groups is 1. The maximum absolute atomic E-state index is 12.7. The summed E-state index contributed by atoms with van der Waals surface area (Å²) in [5, 5.41) is 19.9. The fraction of sp³-hybridized carbons (Fsp3) is 0.125. The summed E-state index contributed by atoms with van der Waals surface area (Å²) in [6.07, 6.45) is 0. The SMILES string of the molecule is Cc1c(Cl)ccc2c1C(=O)N(c1ccccc1O)C2C#N. The third-order valence-corrected chi connectivity index (χ3v) is 4.09. The van der Waals surface area contributed by atoms with E-state index in [1.54, 1.807) is 37.3 Å². The maximum Gasteiger partial charge on any atom is 0.260 e. The number of hydrogen-bond donors (Lipinski definition) is 1. The molecule has 0 spiro atoms. The quantitative estimate of drug-likeness (QED) is 0.875. The third-order valence-electron chi connectivity index (χ3n) is 3.68. The molecule has 3 rings (SSSR count). The molecule has 1 aliphatic heterocycles. The van der Waals surface area contributed by atoms with Crippen LogP contribution in [0, 0.1) is 18.3 Å². The molecule has 0 fully saturated rings. The van der Waals surface area contributed by atoms with E-state index in [4.69, 9.17) is 11.6 Å². The van der Waals surface area contributed by atoms with Gasteiger partial charge in [0.1, 0.15) is 5.75 Å². The highest BCUT2D eigenvalue weighted by molar-refractivity contribution is 6.32. The second-order valence-electron chi connectivity index (χ2n) is 4.83. The Morgan fingerprint density at radius 2 is 2.00 bits per heavy atom. The van der Waals surface area contributed by atoms with Crippen molar-refractivity contribution in [2.75, 3.05) is 4.90 Å². The molecule has 0 saturated carbocycles. The summed E-state index contributed by atoms with van der Waals surface area (Å²) in [7, 11) is 0. The van der Waals surface area contributed by atoms with E-state index in [1.165, 1.54) is 11.0 Å². The van der Waals surface area contributed by atoms with E-state index in [2.05, 4.69) is 6.07 Å². The highest BCUT2D eigenvalue weighted by atomic mass is 35.5. The average molecular weight is 299 g/mol. The van der Waals surface area contributed by atoms with Crippen LogP contribution in [0.1, 0.15) is 27.5 Å². The minimum absolute atomic E-state index is 0.0392. The molecule has 0 bridgehead atoms. The summed E-state index contributed by atoms with van der Waals surface area (Å²) in [5.41, 5.74) is 2.03. The average Bonchev–Trinajstić information content (AvgIpc) is 2.76. The number of para-hydroxylation sites is 2. The first-order valence-corrected chi connectivity index (χ1v) is 6.74. The minimum Gasteiger partial charge on any atom is -0.506 e. The van der Waals surface area contributed by atoms with Crippen molar-refractivity contribution < 1.29 is 9.90 Å². The van der Waals surface area contributed by atoms with Crippen molar-refractivity contribution in [2.24, 2.45) is 0 Å². The van der Waals surface area contributed by atoms with Gasteiger partial charge in [-0.1, -0.05) is 29.8 Å². The molecule has 0 saturated heterocycles. The lowest BCUT2D eigenvalue weighted by Gasteiger charge is -2.20. The van der Waals surface area contributed by atoms with Gasteiger partial charge in [0.15, 0.2) is 6.04 Å². The van der Waals surface area contributed by atoms with E-state index >= 15 is 0 Å². The van der Waals surface area contributed by atoms with E-state index in [0.29, 0.717) is 27.4 Å². The van der Waals surface area contributed by atoms with Crippen molar-refractivity contribution in [3.05, 3.63) is 58.1 Å². The van der Waals surface area contributed by atoms with Crippen LogP contribution in [-0.4, -0.2) is 11.0 Å². The van der Waals surface area contributed by atoms with E-state index in [0.717, 1.165) is 0 Å². The lowest BCUT2D eigenvalue weighted by Crippen LogP contribution is -2.27. The van der Waals surface area contributed by atoms with Gasteiger partial charge in [-0.3, -0.25) is 9.69 Å². The van der Waals surface area contributed by atoms with Gasteiger partial charge < -0.3 is 5.11 Å². The van der Waals surface area contributed by atoms with Crippen LogP contribution in [-0.2, 0) is 0 Å². The molecule has 1 amide bonds. The van der Waals surface area contributed by atoms with Crippen LogP contribution in [0.2, 0.25) is 5.02 Å². The number of fused-ring (bicyclic) bond motifs is 1. The van der Waals surface area contributed by atoms with Crippen molar-refractivity contribution >= 4 is 23.2 Å². The number of phenols is 1. The lowest BCUT2D eigenvalue weighted by atomic mass is 10.0. The topological polar surface area (TPSA) is 64.3 Å². The molecule has 1 N–H and O–H groups in total. The van der Waals surface area contributed by atoms with Crippen LogP contribution in [0.3, 0.4) is 0 Å². The van der Waals surface area contributed by atoms with Gasteiger partial charge in [-0.25, -0.2) is 0 Å². The van der Waals surface area contributed by atoms with Crippen LogP contribution in [0.15, 0.2) is 36.4 Å². The molecule has 1 unspecified atom stereocenters. The molecule has 0 aliphatic carbocycles. The van der Waals surface area contributed by atoms with Gasteiger partial charge in [0.2, 0.25) is 0 Å². The van der Waals surface area contributed by atoms with Crippen molar-refractivity contribution in [1.82, 2.24) is 0 Å². The number of halogens is 1. The second-order valence-corrected chi connectivity index (χ2v) is 5.24. The molecule has 4 nitrogen and oxygen atoms in total. The molecular weight excluding hydrogens is 288 g/mol. The third kappa shape index (κ3) is 1.86. The molecule has 2 aromatic rings. The Bertz CT molecular complexity index is 795. The molecule has 1 aliphatic rings. The Kier molecular flexibility index (Phi) is 3.08. The maximum atomic E-state index is 12.7. The Balaban J connectivity index is 2.23. The molecule has 21 heavy (non-hydrogen) atoms. The fourth-order valence-corrected chi connectivity index (χ4v) is 2.80. The number of benzene rings is 2. The second kappa shape index (κ2) is 4.80. The molecular formula is C16H11ClN2O2. The Labute approximate surface area is 126 Å². The molecule has 104 valence electrons. The number of anilines is 1. The molecule has 1 atom stereocenters. The normalized spacial score (nSPS) is 16.7. The minimum atomic E-state index is -0.767. The van der Waals surface area contributed by atoms with E-state index in [9.17, 15) is 15.2 Å². The summed E-state index contributed by atoms with van der Waals surface area (Å²) in [4.78, 5) is 14.0. The first-order chi connectivity index (χ1) is 10.1. The highest BCUT2D eigenvalue weighted by Crippen LogP contribution is 2.42. The number of amides is 1. The van der Waals surface area contributed by atoms with E-state index in [1.807, 2.05) is 0 Å². The van der Waals surface area contributed by atoms with Gasteiger partial charge in [0, 0.05) is 10.6 Å². The number of carbonyl (C=O) groups is 1. The molecule has 1 heterocycles. The van der Waals surface area contributed by atoms with Gasteiger partial charge in [0.05, 0.1) is 17.3 Å². The number of carbonyl (C=O) groups excluding carboxylic acids is 1. The van der Waals surface area contributed by atoms with Gasteiger partial charge in [-0.2, -0.15) is 5.26 Å². The monoisotopic (exact) mass is 298 g/mol. The van der Waals surface area contributed by atoms with Gasteiger partial charge >= 0.3 is 0 Å². The molecule has 2 aromatic carbocycles. The van der Waals surface area contributed by atoms with Gasteiger partial charge in [0.25, 0.3) is 5.91 Å². The summed E-state index contributed by atoms with van der Waals surface area (Å²) >= 11 is 6.07.